The Balaban J connectivity index is 1.51. The van der Waals surface area contributed by atoms with Crippen LogP contribution in [0.1, 0.15) is 140 Å². The van der Waals surface area contributed by atoms with Crippen molar-refractivity contribution in [1.82, 2.24) is 0 Å². The van der Waals surface area contributed by atoms with Gasteiger partial charge in [-0.15, -0.1) is 0 Å². The molecule has 0 radical (unpaired) electrons. The molecule has 0 N–H and O–H groups in total. The van der Waals surface area contributed by atoms with Gasteiger partial charge in [0.05, 0.1) is 0 Å². The summed E-state index contributed by atoms with van der Waals surface area (Å²) in [4.78, 5) is 0. The molecule has 29 heavy (non-hydrogen) atoms. The van der Waals surface area contributed by atoms with Gasteiger partial charge in [0.15, 0.2) is 0 Å². The molecule has 164 valence electrons. The van der Waals surface area contributed by atoms with Crippen LogP contribution in [0.5, 0.6) is 0 Å². The summed E-state index contributed by atoms with van der Waals surface area (Å²) in [5.41, 5.74) is 3.89. The number of aryl methyl sites for hydroxylation is 1. The summed E-state index contributed by atoms with van der Waals surface area (Å²) >= 11 is 0. The lowest BCUT2D eigenvalue weighted by atomic mass is 9.68. The molecule has 0 amide bonds. The lowest BCUT2D eigenvalue weighted by molar-refractivity contribution is 0.153. The molecule has 1 aromatic rings. The van der Waals surface area contributed by atoms with Gasteiger partial charge in [-0.25, -0.2) is 0 Å². The highest BCUT2D eigenvalue weighted by atomic mass is 14.4. The molecule has 2 aliphatic rings. The Kier molecular flexibility index (Phi) is 9.60. The smallest absolute Gasteiger partial charge is 0.0159 e. The highest BCUT2D eigenvalue weighted by Crippen LogP contribution is 2.44. The highest BCUT2D eigenvalue weighted by molar-refractivity contribution is 5.26. The topological polar surface area (TPSA) is 0 Å². The van der Waals surface area contributed by atoms with Crippen molar-refractivity contribution in [1.29, 1.82) is 0 Å². The predicted octanol–water partition coefficient (Wildman–Crippen LogP) is 9.61. The molecule has 0 aromatic heterocycles. The van der Waals surface area contributed by atoms with Crippen LogP contribution in [0.25, 0.3) is 0 Å². The molecule has 3 rings (SSSR count). The molecule has 0 saturated heterocycles. The Morgan fingerprint density at radius 2 is 1.55 bits per heavy atom. The normalized spacial score (nSPS) is 24.5. The van der Waals surface area contributed by atoms with Gasteiger partial charge in [-0.3, -0.25) is 0 Å². The van der Waals surface area contributed by atoms with Gasteiger partial charge in [-0.1, -0.05) is 109 Å². The SMILES string of the molecule is CCCCC[C@H]1CCC[C@H](c2ccc(CCC3(CCCC)CCCCC3)cc2)C1. The summed E-state index contributed by atoms with van der Waals surface area (Å²) in [7, 11) is 0. The summed E-state index contributed by atoms with van der Waals surface area (Å²) in [6.45, 7) is 4.68. The van der Waals surface area contributed by atoms with Gasteiger partial charge in [0.1, 0.15) is 0 Å². The monoisotopic (exact) mass is 396 g/mol. The molecular formula is C29H48. The van der Waals surface area contributed by atoms with E-state index in [0.29, 0.717) is 5.41 Å². The van der Waals surface area contributed by atoms with Crippen molar-refractivity contribution >= 4 is 0 Å². The van der Waals surface area contributed by atoms with Gasteiger partial charge in [-0.2, -0.15) is 0 Å². The number of unbranched alkanes of at least 4 members (excludes halogenated alkanes) is 3. The van der Waals surface area contributed by atoms with E-state index in [2.05, 4.69) is 38.1 Å². The molecule has 0 nitrogen and oxygen atoms in total. The molecule has 2 saturated carbocycles. The van der Waals surface area contributed by atoms with Gasteiger partial charge in [0, 0.05) is 0 Å². The van der Waals surface area contributed by atoms with Crippen LogP contribution in [0.2, 0.25) is 0 Å². The maximum Gasteiger partial charge on any atom is -0.0159 e. The third kappa shape index (κ3) is 7.15. The quantitative estimate of drug-likeness (QED) is 0.326. The fraction of sp³-hybridized carbons (Fsp3) is 0.793. The Morgan fingerprint density at radius 3 is 2.28 bits per heavy atom. The summed E-state index contributed by atoms with van der Waals surface area (Å²) in [6, 6.07) is 9.95. The first-order valence-electron chi connectivity index (χ1n) is 13.3. The average Bonchev–Trinajstić information content (AvgIpc) is 2.78. The molecule has 1 aromatic carbocycles. The largest absolute Gasteiger partial charge is 0.0654 e. The first-order valence-corrected chi connectivity index (χ1v) is 13.3. The van der Waals surface area contributed by atoms with E-state index < -0.39 is 0 Å². The van der Waals surface area contributed by atoms with E-state index >= 15 is 0 Å². The zero-order valence-electron chi connectivity index (χ0n) is 19.7. The first kappa shape index (κ1) is 22.9. The van der Waals surface area contributed by atoms with Crippen LogP contribution >= 0.6 is 0 Å². The van der Waals surface area contributed by atoms with Gasteiger partial charge < -0.3 is 0 Å². The fourth-order valence-corrected chi connectivity index (χ4v) is 6.38. The Hall–Kier alpha value is -0.780. The molecule has 2 fully saturated rings. The maximum atomic E-state index is 2.49. The van der Waals surface area contributed by atoms with Gasteiger partial charge in [0.2, 0.25) is 0 Å². The third-order valence-corrected chi connectivity index (χ3v) is 8.37. The van der Waals surface area contributed by atoms with Gasteiger partial charge in [0.25, 0.3) is 0 Å². The van der Waals surface area contributed by atoms with Crippen molar-refractivity contribution in [3.63, 3.8) is 0 Å². The molecule has 0 spiro atoms. The number of rotatable bonds is 11. The van der Waals surface area contributed by atoms with Crippen LogP contribution < -0.4 is 0 Å². The summed E-state index contributed by atoms with van der Waals surface area (Å²) in [5.74, 6) is 1.82. The van der Waals surface area contributed by atoms with Crippen LogP contribution in [-0.2, 0) is 6.42 Å². The van der Waals surface area contributed by atoms with Crippen LogP contribution in [-0.4, -0.2) is 0 Å². The molecular weight excluding hydrogens is 348 g/mol. The van der Waals surface area contributed by atoms with Crippen molar-refractivity contribution in [2.75, 3.05) is 0 Å². The molecule has 0 unspecified atom stereocenters. The van der Waals surface area contributed by atoms with Gasteiger partial charge in [-0.05, 0) is 73.3 Å². The zero-order valence-corrected chi connectivity index (χ0v) is 19.7. The van der Waals surface area contributed by atoms with E-state index in [0.717, 1.165) is 11.8 Å². The van der Waals surface area contributed by atoms with Crippen LogP contribution in [0, 0.1) is 11.3 Å². The summed E-state index contributed by atoms with van der Waals surface area (Å²) in [5, 5.41) is 0. The summed E-state index contributed by atoms with van der Waals surface area (Å²) in [6.07, 6.45) is 25.9. The predicted molar refractivity (Wildman–Crippen MR) is 129 cm³/mol. The molecule has 0 aliphatic heterocycles. The van der Waals surface area contributed by atoms with Crippen LogP contribution in [0.4, 0.5) is 0 Å². The third-order valence-electron chi connectivity index (χ3n) is 8.37. The minimum Gasteiger partial charge on any atom is -0.0654 e. The lowest BCUT2D eigenvalue weighted by Crippen LogP contribution is -2.25. The fourth-order valence-electron chi connectivity index (χ4n) is 6.38. The number of benzene rings is 1. The number of hydrogen-bond donors (Lipinski definition) is 0. The van der Waals surface area contributed by atoms with E-state index in [1.807, 2.05) is 0 Å². The molecule has 0 bridgehead atoms. The minimum atomic E-state index is 0.669. The Morgan fingerprint density at radius 1 is 0.793 bits per heavy atom. The van der Waals surface area contributed by atoms with Crippen molar-refractivity contribution in [3.8, 4) is 0 Å². The Bertz CT molecular complexity index is 548. The second kappa shape index (κ2) is 12.2. The first-order chi connectivity index (χ1) is 14.2. The standard InChI is InChI=1S/C29H48/c1-3-5-8-12-26-13-11-14-28(24-26)27-17-15-25(16-18-27)19-23-29(20-6-4-2)21-9-7-10-22-29/h15-18,26,28H,3-14,19-24H2,1-2H3/t26-,28-/m0/s1. The van der Waals surface area contributed by atoms with E-state index in [1.54, 1.807) is 11.1 Å². The Labute approximate surface area is 182 Å². The summed E-state index contributed by atoms with van der Waals surface area (Å²) < 4.78 is 0. The minimum absolute atomic E-state index is 0.669. The maximum absolute atomic E-state index is 2.49. The lowest BCUT2D eigenvalue weighted by Gasteiger charge is -2.38. The van der Waals surface area contributed by atoms with Crippen molar-refractivity contribution in [3.05, 3.63) is 35.4 Å². The molecule has 0 heterocycles. The highest BCUT2D eigenvalue weighted by Gasteiger charge is 2.31. The van der Waals surface area contributed by atoms with E-state index in [4.69, 9.17) is 0 Å². The van der Waals surface area contributed by atoms with Crippen molar-refractivity contribution < 1.29 is 0 Å². The second-order valence-electron chi connectivity index (χ2n) is 10.6. The van der Waals surface area contributed by atoms with E-state index in [-0.39, 0.29) is 0 Å². The second-order valence-corrected chi connectivity index (χ2v) is 10.6. The van der Waals surface area contributed by atoms with E-state index in [1.165, 1.54) is 116 Å². The average molecular weight is 397 g/mol. The van der Waals surface area contributed by atoms with Gasteiger partial charge >= 0.3 is 0 Å². The van der Waals surface area contributed by atoms with Crippen LogP contribution in [0.3, 0.4) is 0 Å². The van der Waals surface area contributed by atoms with Crippen LogP contribution in [0.15, 0.2) is 24.3 Å². The number of hydrogen-bond acceptors (Lipinski definition) is 0. The van der Waals surface area contributed by atoms with E-state index in [9.17, 15) is 0 Å². The molecule has 2 aliphatic carbocycles. The molecule has 0 heteroatoms. The van der Waals surface area contributed by atoms with Crippen molar-refractivity contribution in [2.45, 2.75) is 135 Å². The molecule has 2 atom stereocenters. The zero-order chi connectivity index (χ0) is 20.4. The van der Waals surface area contributed by atoms with Crippen molar-refractivity contribution in [2.24, 2.45) is 11.3 Å².